The third-order valence-electron chi connectivity index (χ3n) is 6.15. The van der Waals surface area contributed by atoms with E-state index in [9.17, 15) is 9.59 Å². The summed E-state index contributed by atoms with van der Waals surface area (Å²) in [5, 5.41) is 1.25. The molecular weight excluding hydrogens is 478 g/mol. The SMILES string of the molecule is CCN(CC)c1ccc(/C=C2\Oc3cc(OC(=O)c4cc5cc(Cl)ccc5o4)cc(C)c3C2=O)cc1. The molecule has 0 unspecified atom stereocenters. The Bertz CT molecular complexity index is 1510. The van der Waals surface area contributed by atoms with Crippen molar-refractivity contribution in [3.05, 3.63) is 93.9 Å². The van der Waals surface area contributed by atoms with Gasteiger partial charge < -0.3 is 18.8 Å². The number of carbonyl (C=O) groups excluding carboxylic acids is 2. The number of nitrogens with zero attached hydrogens (tertiary/aromatic N) is 1. The van der Waals surface area contributed by atoms with Gasteiger partial charge in [0.05, 0.1) is 5.56 Å². The predicted octanol–water partition coefficient (Wildman–Crippen LogP) is 7.08. The monoisotopic (exact) mass is 501 g/mol. The Morgan fingerprint density at radius 3 is 2.50 bits per heavy atom. The summed E-state index contributed by atoms with van der Waals surface area (Å²) < 4.78 is 17.0. The molecule has 0 radical (unpaired) electrons. The number of ether oxygens (including phenoxy) is 2. The maximum atomic E-state index is 13.0. The third-order valence-corrected chi connectivity index (χ3v) is 6.39. The fourth-order valence-corrected chi connectivity index (χ4v) is 4.51. The van der Waals surface area contributed by atoms with E-state index < -0.39 is 5.97 Å². The summed E-state index contributed by atoms with van der Waals surface area (Å²) in [6, 6.07) is 17.8. The number of fused-ring (bicyclic) bond motifs is 2. The van der Waals surface area contributed by atoms with Crippen molar-refractivity contribution in [3.63, 3.8) is 0 Å². The van der Waals surface area contributed by atoms with Gasteiger partial charge >= 0.3 is 5.97 Å². The van der Waals surface area contributed by atoms with Gasteiger partial charge in [-0.25, -0.2) is 4.79 Å². The molecule has 0 aliphatic carbocycles. The maximum Gasteiger partial charge on any atom is 0.379 e. The van der Waals surface area contributed by atoms with Crippen LogP contribution in [0.3, 0.4) is 0 Å². The Hall–Kier alpha value is -4.03. The molecule has 36 heavy (non-hydrogen) atoms. The van der Waals surface area contributed by atoms with Crippen LogP contribution < -0.4 is 14.4 Å². The zero-order chi connectivity index (χ0) is 25.4. The summed E-state index contributed by atoms with van der Waals surface area (Å²) >= 11 is 6.01. The molecule has 5 rings (SSSR count). The summed E-state index contributed by atoms with van der Waals surface area (Å²) in [5.74, 6) is 0.0208. The van der Waals surface area contributed by atoms with E-state index in [2.05, 4.69) is 18.7 Å². The van der Waals surface area contributed by atoms with Crippen LogP contribution in [-0.4, -0.2) is 24.8 Å². The van der Waals surface area contributed by atoms with Crippen molar-refractivity contribution in [1.82, 2.24) is 0 Å². The number of benzene rings is 3. The van der Waals surface area contributed by atoms with Crippen LogP contribution in [0.4, 0.5) is 5.69 Å². The second-order valence-electron chi connectivity index (χ2n) is 8.50. The van der Waals surface area contributed by atoms with Gasteiger partial charge in [0.15, 0.2) is 5.76 Å². The molecule has 0 fully saturated rings. The first-order chi connectivity index (χ1) is 17.4. The number of esters is 1. The van der Waals surface area contributed by atoms with Gasteiger partial charge in [-0.3, -0.25) is 4.79 Å². The molecule has 2 heterocycles. The van der Waals surface area contributed by atoms with E-state index in [-0.39, 0.29) is 23.1 Å². The number of hydrogen-bond donors (Lipinski definition) is 0. The average Bonchev–Trinajstić information content (AvgIpc) is 3.41. The number of rotatable bonds is 6. The van der Waals surface area contributed by atoms with Crippen molar-refractivity contribution < 1.29 is 23.5 Å². The zero-order valence-corrected chi connectivity index (χ0v) is 20.9. The first-order valence-electron chi connectivity index (χ1n) is 11.7. The largest absolute Gasteiger partial charge is 0.452 e. The van der Waals surface area contributed by atoms with Crippen molar-refractivity contribution in [2.75, 3.05) is 18.0 Å². The third kappa shape index (κ3) is 4.48. The molecule has 1 aliphatic rings. The summed E-state index contributed by atoms with van der Waals surface area (Å²) in [6.07, 6.45) is 1.72. The van der Waals surface area contributed by atoms with Gasteiger partial charge in [0.2, 0.25) is 11.5 Å². The van der Waals surface area contributed by atoms with Crippen molar-refractivity contribution in [2.24, 2.45) is 0 Å². The fraction of sp³-hybridized carbons (Fsp3) is 0.172. The van der Waals surface area contributed by atoms with Crippen LogP contribution >= 0.6 is 11.6 Å². The Morgan fingerprint density at radius 2 is 1.78 bits per heavy atom. The first-order valence-corrected chi connectivity index (χ1v) is 12.1. The molecule has 0 N–H and O–H groups in total. The molecule has 182 valence electrons. The number of anilines is 1. The number of carbonyl (C=O) groups is 2. The van der Waals surface area contributed by atoms with Gasteiger partial charge in [0.25, 0.3) is 0 Å². The molecule has 0 spiro atoms. The van der Waals surface area contributed by atoms with Crippen LogP contribution in [0.5, 0.6) is 11.5 Å². The molecule has 0 bridgehead atoms. The second kappa shape index (κ2) is 9.55. The Labute approximate surface area is 213 Å². The molecule has 0 saturated heterocycles. The standard InChI is InChI=1S/C29H24ClNO5/c1-4-31(5-2)21-9-6-18(7-10-21)13-25-28(32)27-17(3)12-22(16-24(27)36-25)34-29(33)26-15-19-14-20(30)8-11-23(19)35-26/h6-16H,4-5H2,1-3H3/b25-13-. The Morgan fingerprint density at radius 1 is 1.03 bits per heavy atom. The van der Waals surface area contributed by atoms with E-state index in [1.165, 1.54) is 0 Å². The topological polar surface area (TPSA) is 69.0 Å². The highest BCUT2D eigenvalue weighted by atomic mass is 35.5. The number of ketones is 1. The number of halogens is 1. The molecule has 0 amide bonds. The van der Waals surface area contributed by atoms with Crippen LogP contribution in [-0.2, 0) is 0 Å². The number of allylic oxidation sites excluding steroid dienone is 1. The molecule has 6 nitrogen and oxygen atoms in total. The highest BCUT2D eigenvalue weighted by molar-refractivity contribution is 6.31. The van der Waals surface area contributed by atoms with E-state index in [4.69, 9.17) is 25.5 Å². The minimum Gasteiger partial charge on any atom is -0.452 e. The minimum atomic E-state index is -0.657. The summed E-state index contributed by atoms with van der Waals surface area (Å²) in [5.41, 5.74) is 3.62. The quantitative estimate of drug-likeness (QED) is 0.160. The average molecular weight is 502 g/mol. The van der Waals surface area contributed by atoms with Crippen molar-refractivity contribution in [1.29, 1.82) is 0 Å². The van der Waals surface area contributed by atoms with Crippen LogP contribution in [0, 0.1) is 6.92 Å². The summed E-state index contributed by atoms with van der Waals surface area (Å²) in [4.78, 5) is 28.0. The van der Waals surface area contributed by atoms with Gasteiger partial charge in [-0.2, -0.15) is 0 Å². The fourth-order valence-electron chi connectivity index (χ4n) is 4.33. The van der Waals surface area contributed by atoms with Crippen molar-refractivity contribution >= 4 is 46.1 Å². The van der Waals surface area contributed by atoms with Gasteiger partial charge in [0, 0.05) is 35.3 Å². The number of aryl methyl sites for hydroxylation is 1. The highest BCUT2D eigenvalue weighted by Gasteiger charge is 2.30. The molecule has 0 atom stereocenters. The van der Waals surface area contributed by atoms with E-state index in [1.54, 1.807) is 49.4 Å². The van der Waals surface area contributed by atoms with Gasteiger partial charge in [-0.15, -0.1) is 0 Å². The van der Waals surface area contributed by atoms with Crippen LogP contribution in [0.1, 0.15) is 45.9 Å². The van der Waals surface area contributed by atoms with Crippen LogP contribution in [0.2, 0.25) is 5.02 Å². The van der Waals surface area contributed by atoms with Crippen molar-refractivity contribution in [3.8, 4) is 11.5 Å². The molecule has 3 aromatic carbocycles. The molecule has 1 aliphatic heterocycles. The van der Waals surface area contributed by atoms with E-state index in [0.29, 0.717) is 32.9 Å². The summed E-state index contributed by atoms with van der Waals surface area (Å²) in [7, 11) is 0. The Kier molecular flexibility index (Phi) is 6.29. The number of Topliss-reactive ketones (excluding diaryl/α,β-unsaturated/α-hetero) is 1. The first kappa shape index (κ1) is 23.7. The molecule has 0 saturated carbocycles. The van der Waals surface area contributed by atoms with Gasteiger partial charge in [-0.1, -0.05) is 23.7 Å². The lowest BCUT2D eigenvalue weighted by Gasteiger charge is -2.20. The molecular formula is C29H24ClNO5. The van der Waals surface area contributed by atoms with Crippen LogP contribution in [0.15, 0.2) is 70.8 Å². The van der Waals surface area contributed by atoms with Gasteiger partial charge in [-0.05, 0) is 80.4 Å². The normalized spacial score (nSPS) is 13.7. The lowest BCUT2D eigenvalue weighted by atomic mass is 10.0. The molecule has 4 aromatic rings. The number of hydrogen-bond acceptors (Lipinski definition) is 6. The highest BCUT2D eigenvalue weighted by Crippen LogP contribution is 2.38. The minimum absolute atomic E-state index is 0.0520. The van der Waals surface area contributed by atoms with Crippen LogP contribution in [0.25, 0.3) is 17.0 Å². The summed E-state index contributed by atoms with van der Waals surface area (Å²) in [6.45, 7) is 7.85. The second-order valence-corrected chi connectivity index (χ2v) is 8.94. The Balaban J connectivity index is 1.36. The lowest BCUT2D eigenvalue weighted by Crippen LogP contribution is -2.21. The maximum absolute atomic E-state index is 13.0. The smallest absolute Gasteiger partial charge is 0.379 e. The van der Waals surface area contributed by atoms with Gasteiger partial charge in [0.1, 0.15) is 17.1 Å². The zero-order valence-electron chi connectivity index (χ0n) is 20.1. The molecule has 1 aromatic heterocycles. The van der Waals surface area contributed by atoms with E-state index >= 15 is 0 Å². The van der Waals surface area contributed by atoms with E-state index in [1.807, 2.05) is 24.3 Å². The van der Waals surface area contributed by atoms with Crippen molar-refractivity contribution in [2.45, 2.75) is 20.8 Å². The molecule has 7 heteroatoms. The predicted molar refractivity (Wildman–Crippen MR) is 140 cm³/mol. The lowest BCUT2D eigenvalue weighted by molar-refractivity contribution is 0.0703. The number of furan rings is 1. The van der Waals surface area contributed by atoms with E-state index in [0.717, 1.165) is 24.3 Å².